The Kier molecular flexibility index (Phi) is 2.42. The van der Waals surface area contributed by atoms with Crippen molar-refractivity contribution in [3.8, 4) is 11.5 Å². The lowest BCUT2D eigenvalue weighted by Gasteiger charge is -2.15. The van der Waals surface area contributed by atoms with Gasteiger partial charge in [0.15, 0.2) is 11.5 Å². The molecule has 2 aromatic rings. The van der Waals surface area contributed by atoms with Gasteiger partial charge in [-0.3, -0.25) is 4.79 Å². The molecule has 2 heterocycles. The van der Waals surface area contributed by atoms with Crippen molar-refractivity contribution < 1.29 is 14.3 Å². The Morgan fingerprint density at radius 2 is 1.80 bits per heavy atom. The first-order valence-corrected chi connectivity index (χ1v) is 6.57. The molecule has 0 saturated heterocycles. The lowest BCUT2D eigenvalue weighted by Crippen LogP contribution is -2.23. The molecule has 2 aliphatic rings. The average Bonchev–Trinajstić information content (AvgIpc) is 3.03. The molecule has 0 bridgehead atoms. The standard InChI is InChI=1S/C16H13NO3/c18-16-13-7-15-14(19-10-20-15)6-12(13)9-17(16)8-11-4-2-1-3-5-11/h1-7H,8-10H2. The molecule has 0 atom stereocenters. The maximum absolute atomic E-state index is 12.4. The van der Waals surface area contributed by atoms with Gasteiger partial charge in [-0.1, -0.05) is 30.3 Å². The van der Waals surface area contributed by atoms with Gasteiger partial charge in [0.25, 0.3) is 5.91 Å². The van der Waals surface area contributed by atoms with Crippen LogP contribution < -0.4 is 9.47 Å². The van der Waals surface area contributed by atoms with Crippen LogP contribution in [0.4, 0.5) is 0 Å². The Balaban J connectivity index is 1.63. The fourth-order valence-electron chi connectivity index (χ4n) is 2.69. The van der Waals surface area contributed by atoms with Crippen molar-refractivity contribution in [2.24, 2.45) is 0 Å². The van der Waals surface area contributed by atoms with Gasteiger partial charge in [-0.25, -0.2) is 0 Å². The van der Waals surface area contributed by atoms with Gasteiger partial charge >= 0.3 is 0 Å². The smallest absolute Gasteiger partial charge is 0.254 e. The molecule has 0 aromatic heterocycles. The Bertz CT molecular complexity index is 682. The molecule has 0 radical (unpaired) electrons. The average molecular weight is 267 g/mol. The number of fused-ring (bicyclic) bond motifs is 2. The van der Waals surface area contributed by atoms with Crippen molar-refractivity contribution in [3.63, 3.8) is 0 Å². The van der Waals surface area contributed by atoms with Crippen molar-refractivity contribution in [3.05, 3.63) is 59.2 Å². The third kappa shape index (κ3) is 1.72. The van der Waals surface area contributed by atoms with E-state index in [-0.39, 0.29) is 12.7 Å². The molecule has 100 valence electrons. The van der Waals surface area contributed by atoms with E-state index in [1.807, 2.05) is 41.3 Å². The number of amides is 1. The van der Waals surface area contributed by atoms with E-state index in [0.717, 1.165) is 22.4 Å². The van der Waals surface area contributed by atoms with Crippen LogP contribution in [0.2, 0.25) is 0 Å². The molecule has 2 aliphatic heterocycles. The fraction of sp³-hybridized carbons (Fsp3) is 0.188. The van der Waals surface area contributed by atoms with E-state index in [0.29, 0.717) is 18.8 Å². The van der Waals surface area contributed by atoms with Gasteiger partial charge in [0.05, 0.1) is 0 Å². The first-order valence-electron chi connectivity index (χ1n) is 6.57. The fourth-order valence-corrected chi connectivity index (χ4v) is 2.69. The van der Waals surface area contributed by atoms with Gasteiger partial charge in [-0.2, -0.15) is 0 Å². The predicted octanol–water partition coefficient (Wildman–Crippen LogP) is 2.57. The van der Waals surface area contributed by atoms with Crippen LogP contribution in [-0.4, -0.2) is 17.6 Å². The van der Waals surface area contributed by atoms with Crippen LogP contribution in [0.25, 0.3) is 0 Å². The number of hydrogen-bond acceptors (Lipinski definition) is 3. The third-order valence-electron chi connectivity index (χ3n) is 3.69. The Morgan fingerprint density at radius 1 is 1.05 bits per heavy atom. The first-order chi connectivity index (χ1) is 9.81. The topological polar surface area (TPSA) is 38.8 Å². The van der Waals surface area contributed by atoms with E-state index >= 15 is 0 Å². The summed E-state index contributed by atoms with van der Waals surface area (Å²) < 4.78 is 10.7. The minimum Gasteiger partial charge on any atom is -0.454 e. The summed E-state index contributed by atoms with van der Waals surface area (Å²) in [6.45, 7) is 1.49. The highest BCUT2D eigenvalue weighted by Crippen LogP contribution is 2.38. The highest BCUT2D eigenvalue weighted by atomic mass is 16.7. The summed E-state index contributed by atoms with van der Waals surface area (Å²) in [5, 5.41) is 0. The minimum atomic E-state index is 0.0575. The van der Waals surface area contributed by atoms with Crippen molar-refractivity contribution in [1.82, 2.24) is 4.90 Å². The largest absolute Gasteiger partial charge is 0.454 e. The van der Waals surface area contributed by atoms with Crippen molar-refractivity contribution in [2.45, 2.75) is 13.1 Å². The summed E-state index contributed by atoms with van der Waals surface area (Å²) in [5.74, 6) is 1.46. The second-order valence-electron chi connectivity index (χ2n) is 5.01. The highest BCUT2D eigenvalue weighted by Gasteiger charge is 2.30. The summed E-state index contributed by atoms with van der Waals surface area (Å²) >= 11 is 0. The summed E-state index contributed by atoms with van der Waals surface area (Å²) in [6.07, 6.45) is 0. The van der Waals surface area contributed by atoms with Gasteiger partial charge < -0.3 is 14.4 Å². The van der Waals surface area contributed by atoms with Crippen LogP contribution >= 0.6 is 0 Å². The molecule has 1 amide bonds. The number of ether oxygens (including phenoxy) is 2. The van der Waals surface area contributed by atoms with Gasteiger partial charge in [0.1, 0.15) is 0 Å². The molecule has 0 saturated carbocycles. The van der Waals surface area contributed by atoms with Crippen molar-refractivity contribution in [2.75, 3.05) is 6.79 Å². The van der Waals surface area contributed by atoms with Crippen LogP contribution in [0, 0.1) is 0 Å². The molecule has 0 aliphatic carbocycles. The van der Waals surface area contributed by atoms with Gasteiger partial charge in [0.2, 0.25) is 6.79 Å². The molecule has 4 rings (SSSR count). The van der Waals surface area contributed by atoms with Crippen LogP contribution in [0.15, 0.2) is 42.5 Å². The summed E-state index contributed by atoms with van der Waals surface area (Å²) in [5.41, 5.74) is 2.87. The van der Waals surface area contributed by atoms with Crippen LogP contribution in [0.1, 0.15) is 21.5 Å². The van der Waals surface area contributed by atoms with Crippen molar-refractivity contribution in [1.29, 1.82) is 0 Å². The molecule has 0 unspecified atom stereocenters. The SMILES string of the molecule is O=C1c2cc3c(cc2CN1Cc1ccccc1)OCO3. The van der Waals surface area contributed by atoms with Gasteiger partial charge in [0, 0.05) is 18.7 Å². The monoisotopic (exact) mass is 267 g/mol. The van der Waals surface area contributed by atoms with Gasteiger partial charge in [-0.15, -0.1) is 0 Å². The maximum atomic E-state index is 12.4. The second kappa shape index (κ2) is 4.27. The molecular weight excluding hydrogens is 254 g/mol. The number of carbonyl (C=O) groups excluding carboxylic acids is 1. The quantitative estimate of drug-likeness (QED) is 0.839. The lowest BCUT2D eigenvalue weighted by atomic mass is 10.1. The zero-order chi connectivity index (χ0) is 13.5. The van der Waals surface area contributed by atoms with E-state index in [9.17, 15) is 4.79 Å². The minimum absolute atomic E-state index is 0.0575. The van der Waals surface area contributed by atoms with Crippen LogP contribution in [0.5, 0.6) is 11.5 Å². The third-order valence-corrected chi connectivity index (χ3v) is 3.69. The van der Waals surface area contributed by atoms with Crippen LogP contribution in [-0.2, 0) is 13.1 Å². The molecule has 4 nitrogen and oxygen atoms in total. The Hall–Kier alpha value is -2.49. The number of hydrogen-bond donors (Lipinski definition) is 0. The molecule has 4 heteroatoms. The maximum Gasteiger partial charge on any atom is 0.254 e. The Morgan fingerprint density at radius 3 is 2.60 bits per heavy atom. The van der Waals surface area contributed by atoms with E-state index in [1.54, 1.807) is 6.07 Å². The zero-order valence-electron chi connectivity index (χ0n) is 10.8. The highest BCUT2D eigenvalue weighted by molar-refractivity contribution is 5.99. The zero-order valence-corrected chi connectivity index (χ0v) is 10.8. The number of rotatable bonds is 2. The molecule has 0 fully saturated rings. The number of nitrogens with zero attached hydrogens (tertiary/aromatic N) is 1. The molecular formula is C16H13NO3. The Labute approximate surface area is 116 Å². The lowest BCUT2D eigenvalue weighted by molar-refractivity contribution is 0.0766. The summed E-state index contributed by atoms with van der Waals surface area (Å²) in [6, 6.07) is 13.7. The van der Waals surface area contributed by atoms with Crippen LogP contribution in [0.3, 0.4) is 0 Å². The summed E-state index contributed by atoms with van der Waals surface area (Å²) in [7, 11) is 0. The summed E-state index contributed by atoms with van der Waals surface area (Å²) in [4.78, 5) is 14.3. The molecule has 0 spiro atoms. The molecule has 2 aromatic carbocycles. The molecule has 0 N–H and O–H groups in total. The van der Waals surface area contributed by atoms with E-state index < -0.39 is 0 Å². The van der Waals surface area contributed by atoms with E-state index in [2.05, 4.69) is 0 Å². The first kappa shape index (κ1) is 11.3. The van der Waals surface area contributed by atoms with Crippen molar-refractivity contribution >= 4 is 5.91 Å². The van der Waals surface area contributed by atoms with E-state index in [1.165, 1.54) is 0 Å². The van der Waals surface area contributed by atoms with Gasteiger partial charge in [-0.05, 0) is 23.3 Å². The number of carbonyl (C=O) groups is 1. The normalized spacial score (nSPS) is 15.6. The predicted molar refractivity (Wildman–Crippen MR) is 72.6 cm³/mol. The second-order valence-corrected chi connectivity index (χ2v) is 5.01. The molecule has 20 heavy (non-hydrogen) atoms. The van der Waals surface area contributed by atoms with E-state index in [4.69, 9.17) is 9.47 Å². The number of benzene rings is 2.